The Hall–Kier alpha value is -0.0900. The molecular formula is C10H14BrNO4S3. The summed E-state index contributed by atoms with van der Waals surface area (Å²) < 4.78 is 26.1. The van der Waals surface area contributed by atoms with E-state index in [-0.39, 0.29) is 9.77 Å². The van der Waals surface area contributed by atoms with E-state index in [1.54, 1.807) is 11.8 Å². The lowest BCUT2D eigenvalue weighted by molar-refractivity contribution is 0.0702. The molecule has 0 saturated carbocycles. The third-order valence-electron chi connectivity index (χ3n) is 2.38. The van der Waals surface area contributed by atoms with E-state index in [1.807, 2.05) is 6.26 Å². The number of aromatic carboxylic acids is 1. The molecule has 0 fully saturated rings. The molecule has 0 radical (unpaired) electrons. The second kappa shape index (κ2) is 7.07. The van der Waals surface area contributed by atoms with Gasteiger partial charge in [-0.15, -0.1) is 11.3 Å². The van der Waals surface area contributed by atoms with Gasteiger partial charge in [0.05, 0.1) is 3.79 Å². The van der Waals surface area contributed by atoms with Gasteiger partial charge in [-0.3, -0.25) is 0 Å². The molecule has 1 aromatic heterocycles. The van der Waals surface area contributed by atoms with Gasteiger partial charge in [0.2, 0.25) is 10.0 Å². The van der Waals surface area contributed by atoms with Gasteiger partial charge in [0, 0.05) is 13.6 Å². The predicted octanol–water partition coefficient (Wildman–Crippen LogP) is 2.58. The summed E-state index contributed by atoms with van der Waals surface area (Å²) in [6.45, 7) is 0.411. The second-order valence-corrected chi connectivity index (χ2v) is 9.10. The number of thioether (sulfide) groups is 1. The zero-order valence-electron chi connectivity index (χ0n) is 10.4. The Morgan fingerprint density at radius 2 is 2.21 bits per heavy atom. The maximum atomic E-state index is 12.3. The van der Waals surface area contributed by atoms with E-state index in [0.29, 0.717) is 10.3 Å². The number of rotatable bonds is 7. The number of carbonyl (C=O) groups is 1. The molecule has 1 aromatic rings. The second-order valence-electron chi connectivity index (χ2n) is 3.73. The van der Waals surface area contributed by atoms with Crippen LogP contribution in [0.25, 0.3) is 0 Å². The zero-order chi connectivity index (χ0) is 14.6. The van der Waals surface area contributed by atoms with Crippen LogP contribution in [0.4, 0.5) is 0 Å². The Morgan fingerprint density at radius 1 is 1.58 bits per heavy atom. The molecule has 0 aromatic carbocycles. The molecule has 1 rings (SSSR count). The highest BCUT2D eigenvalue weighted by Gasteiger charge is 2.26. The summed E-state index contributed by atoms with van der Waals surface area (Å²) in [6.07, 6.45) is 2.72. The lowest BCUT2D eigenvalue weighted by Gasteiger charge is -2.16. The fourth-order valence-electron chi connectivity index (χ4n) is 1.35. The van der Waals surface area contributed by atoms with Crippen LogP contribution in [0.1, 0.15) is 16.1 Å². The van der Waals surface area contributed by atoms with Gasteiger partial charge < -0.3 is 5.11 Å². The molecule has 0 unspecified atom stereocenters. The van der Waals surface area contributed by atoms with E-state index in [9.17, 15) is 13.2 Å². The highest BCUT2D eigenvalue weighted by atomic mass is 79.9. The first-order chi connectivity index (χ1) is 8.80. The van der Waals surface area contributed by atoms with Gasteiger partial charge >= 0.3 is 5.97 Å². The van der Waals surface area contributed by atoms with Crippen LogP contribution >= 0.6 is 39.0 Å². The van der Waals surface area contributed by atoms with Crippen molar-refractivity contribution in [2.24, 2.45) is 0 Å². The van der Waals surface area contributed by atoms with Crippen LogP contribution in [0.2, 0.25) is 0 Å². The molecule has 19 heavy (non-hydrogen) atoms. The normalized spacial score (nSPS) is 12.0. The van der Waals surface area contributed by atoms with E-state index in [2.05, 4.69) is 15.9 Å². The number of sulfonamides is 1. The van der Waals surface area contributed by atoms with E-state index in [0.717, 1.165) is 23.5 Å². The van der Waals surface area contributed by atoms with Crippen LogP contribution in [-0.2, 0) is 10.0 Å². The molecule has 0 bridgehead atoms. The molecule has 9 heteroatoms. The lowest BCUT2D eigenvalue weighted by atomic mass is 10.5. The van der Waals surface area contributed by atoms with Crippen LogP contribution in [0.15, 0.2) is 14.7 Å². The highest BCUT2D eigenvalue weighted by Crippen LogP contribution is 2.33. The minimum absolute atomic E-state index is 0.00274. The highest BCUT2D eigenvalue weighted by molar-refractivity contribution is 9.11. The number of thiophene rings is 1. The molecule has 108 valence electrons. The summed E-state index contributed by atoms with van der Waals surface area (Å²) in [5, 5.41) is 8.88. The summed E-state index contributed by atoms with van der Waals surface area (Å²) in [5.74, 6) is -0.248. The quantitative estimate of drug-likeness (QED) is 0.727. The number of halogens is 1. The molecule has 0 spiro atoms. The average Bonchev–Trinajstić information content (AvgIpc) is 2.72. The van der Waals surface area contributed by atoms with Crippen LogP contribution in [0.3, 0.4) is 0 Å². The van der Waals surface area contributed by atoms with Gasteiger partial charge in [-0.1, -0.05) is 0 Å². The molecule has 0 aliphatic rings. The SMILES string of the molecule is CSCCCN(C)S(=O)(=O)c1cc(C(=O)O)sc1Br. The van der Waals surface area contributed by atoms with E-state index in [1.165, 1.54) is 17.4 Å². The van der Waals surface area contributed by atoms with Gasteiger partial charge in [0.25, 0.3) is 0 Å². The first kappa shape index (κ1) is 17.0. The molecule has 1 N–H and O–H groups in total. The lowest BCUT2D eigenvalue weighted by Crippen LogP contribution is -2.28. The standard InChI is InChI=1S/C10H14BrNO4S3/c1-12(4-3-5-17-2)19(15,16)8-6-7(10(13)14)18-9(8)11/h6H,3-5H2,1-2H3,(H,13,14). The molecule has 1 heterocycles. The fraction of sp³-hybridized carbons (Fsp3) is 0.500. The first-order valence-electron chi connectivity index (χ1n) is 5.28. The number of hydrogen-bond donors (Lipinski definition) is 1. The number of carboxylic acids is 1. The van der Waals surface area contributed by atoms with Crippen molar-refractivity contribution in [1.82, 2.24) is 4.31 Å². The molecular weight excluding hydrogens is 374 g/mol. The van der Waals surface area contributed by atoms with Crippen LogP contribution in [0, 0.1) is 0 Å². The Labute approximate surface area is 129 Å². The van der Waals surface area contributed by atoms with Gasteiger partial charge in [-0.2, -0.15) is 11.8 Å². The van der Waals surface area contributed by atoms with Crippen LogP contribution in [0.5, 0.6) is 0 Å². The van der Waals surface area contributed by atoms with E-state index in [4.69, 9.17) is 5.11 Å². The number of carboxylic acid groups (broad SMARTS) is 1. The summed E-state index contributed by atoms with van der Waals surface area (Å²) in [7, 11) is -2.14. The fourth-order valence-corrected chi connectivity index (χ4v) is 5.33. The Balaban J connectivity index is 2.96. The monoisotopic (exact) mass is 387 g/mol. The van der Waals surface area contributed by atoms with Crippen molar-refractivity contribution in [1.29, 1.82) is 0 Å². The van der Waals surface area contributed by atoms with Crippen molar-refractivity contribution >= 4 is 55.0 Å². The van der Waals surface area contributed by atoms with Crippen molar-refractivity contribution in [3.8, 4) is 0 Å². The summed E-state index contributed by atoms with van der Waals surface area (Å²) in [4.78, 5) is 10.9. The van der Waals surface area contributed by atoms with Crippen molar-refractivity contribution in [2.45, 2.75) is 11.3 Å². The van der Waals surface area contributed by atoms with Crippen molar-refractivity contribution in [2.75, 3.05) is 25.6 Å². The minimum Gasteiger partial charge on any atom is -0.477 e. The summed E-state index contributed by atoms with van der Waals surface area (Å²) in [5.41, 5.74) is 0. The minimum atomic E-state index is -3.64. The van der Waals surface area contributed by atoms with Crippen molar-refractivity contribution in [3.05, 3.63) is 14.7 Å². The Bertz CT molecular complexity index is 555. The zero-order valence-corrected chi connectivity index (χ0v) is 14.5. The summed E-state index contributed by atoms with van der Waals surface area (Å²) in [6, 6.07) is 1.19. The number of nitrogens with zero attached hydrogens (tertiary/aromatic N) is 1. The Morgan fingerprint density at radius 3 is 2.68 bits per heavy atom. The molecule has 0 saturated heterocycles. The van der Waals surface area contributed by atoms with Crippen molar-refractivity contribution in [3.63, 3.8) is 0 Å². The molecule has 0 aliphatic carbocycles. The van der Waals surface area contributed by atoms with Gasteiger partial charge in [0.1, 0.15) is 9.77 Å². The molecule has 0 amide bonds. The maximum Gasteiger partial charge on any atom is 0.345 e. The molecule has 5 nitrogen and oxygen atoms in total. The Kier molecular flexibility index (Phi) is 6.31. The van der Waals surface area contributed by atoms with E-state index >= 15 is 0 Å². The van der Waals surface area contributed by atoms with Gasteiger partial charge in [0.15, 0.2) is 0 Å². The topological polar surface area (TPSA) is 74.7 Å². The van der Waals surface area contributed by atoms with Gasteiger partial charge in [-0.25, -0.2) is 17.5 Å². The largest absolute Gasteiger partial charge is 0.477 e. The summed E-state index contributed by atoms with van der Waals surface area (Å²) >= 11 is 5.67. The molecule has 0 aliphatic heterocycles. The van der Waals surface area contributed by atoms with Crippen LogP contribution < -0.4 is 0 Å². The third kappa shape index (κ3) is 4.19. The predicted molar refractivity (Wildman–Crippen MR) is 81.8 cm³/mol. The third-order valence-corrected chi connectivity index (χ3v) is 7.17. The van der Waals surface area contributed by atoms with Crippen LogP contribution in [-0.4, -0.2) is 49.4 Å². The maximum absolute atomic E-state index is 12.3. The van der Waals surface area contributed by atoms with Gasteiger partial charge in [-0.05, 0) is 40.4 Å². The molecule has 0 atom stereocenters. The average molecular weight is 388 g/mol. The smallest absolute Gasteiger partial charge is 0.345 e. The van der Waals surface area contributed by atoms with Crippen molar-refractivity contribution < 1.29 is 18.3 Å². The van der Waals surface area contributed by atoms with E-state index < -0.39 is 16.0 Å². The number of hydrogen-bond acceptors (Lipinski definition) is 5. The first-order valence-corrected chi connectivity index (χ1v) is 9.73.